The van der Waals surface area contributed by atoms with Gasteiger partial charge >= 0.3 is 0 Å². The van der Waals surface area contributed by atoms with E-state index in [1.807, 2.05) is 6.20 Å². The number of fused-ring (bicyclic) bond motifs is 4. The molecule has 0 atom stereocenters. The van der Waals surface area contributed by atoms with Gasteiger partial charge in [0.15, 0.2) is 0 Å². The van der Waals surface area contributed by atoms with Gasteiger partial charge < -0.3 is 4.90 Å². The van der Waals surface area contributed by atoms with Crippen molar-refractivity contribution in [2.75, 3.05) is 19.6 Å². The molecule has 0 bridgehead atoms. The van der Waals surface area contributed by atoms with Gasteiger partial charge in [0.05, 0.1) is 22.7 Å². The third kappa shape index (κ3) is 3.68. The van der Waals surface area contributed by atoms with Gasteiger partial charge in [-0.2, -0.15) is 0 Å². The number of aromatic nitrogens is 3. The van der Waals surface area contributed by atoms with Crippen LogP contribution >= 0.6 is 0 Å². The fraction of sp³-hybridized carbons (Fsp3) is 0.310. The molecule has 1 saturated heterocycles. The van der Waals surface area contributed by atoms with Crippen LogP contribution in [0.4, 0.5) is 0 Å². The Kier molecular flexibility index (Phi) is 5.11. The minimum Gasteiger partial charge on any atom is -0.303 e. The van der Waals surface area contributed by atoms with Crippen molar-refractivity contribution < 1.29 is 0 Å². The molecule has 1 aliphatic heterocycles. The molecule has 6 rings (SSSR count). The summed E-state index contributed by atoms with van der Waals surface area (Å²) >= 11 is 0. The number of pyridine rings is 2. The van der Waals surface area contributed by atoms with Gasteiger partial charge in [-0.15, -0.1) is 0 Å². The first-order chi connectivity index (χ1) is 16.2. The van der Waals surface area contributed by atoms with Crippen LogP contribution in [0.5, 0.6) is 0 Å². The van der Waals surface area contributed by atoms with Gasteiger partial charge in [-0.25, -0.2) is 4.98 Å². The van der Waals surface area contributed by atoms with Crippen molar-refractivity contribution in [3.05, 3.63) is 89.5 Å². The number of imidazole rings is 1. The molecule has 0 unspecified atom stereocenters. The highest BCUT2D eigenvalue weighted by atomic mass is 15.1. The lowest BCUT2D eigenvalue weighted by Crippen LogP contribution is -2.34. The molecule has 0 saturated carbocycles. The van der Waals surface area contributed by atoms with E-state index in [1.165, 1.54) is 40.3 Å². The van der Waals surface area contributed by atoms with Crippen molar-refractivity contribution in [3.8, 4) is 0 Å². The van der Waals surface area contributed by atoms with E-state index in [4.69, 9.17) is 4.98 Å². The van der Waals surface area contributed by atoms with Crippen LogP contribution in [0.15, 0.2) is 66.9 Å². The van der Waals surface area contributed by atoms with Crippen LogP contribution < -0.4 is 0 Å². The van der Waals surface area contributed by atoms with Gasteiger partial charge in [-0.05, 0) is 87.5 Å². The van der Waals surface area contributed by atoms with Crippen LogP contribution in [0.3, 0.4) is 0 Å². The minimum atomic E-state index is 0.629. The molecule has 0 amide bonds. The number of likely N-dealkylation sites (tertiary alicyclic amines) is 1. The molecule has 33 heavy (non-hydrogen) atoms. The lowest BCUT2D eigenvalue weighted by atomic mass is 9.87. The largest absolute Gasteiger partial charge is 0.303 e. The molecular weight excluding hydrogens is 404 g/mol. The summed E-state index contributed by atoms with van der Waals surface area (Å²) in [7, 11) is 0. The number of hydrogen-bond acceptors (Lipinski definition) is 3. The topological polar surface area (TPSA) is 33.4 Å². The Labute approximate surface area is 194 Å². The molecule has 0 N–H and O–H groups in total. The molecule has 0 spiro atoms. The van der Waals surface area contributed by atoms with Gasteiger partial charge in [-0.1, -0.05) is 36.4 Å². The van der Waals surface area contributed by atoms with Crippen LogP contribution in [-0.2, 0) is 6.42 Å². The highest BCUT2D eigenvalue weighted by Gasteiger charge is 2.22. The summed E-state index contributed by atoms with van der Waals surface area (Å²) in [5.41, 5.74) is 7.56. The average molecular weight is 435 g/mol. The zero-order valence-electron chi connectivity index (χ0n) is 19.5. The van der Waals surface area contributed by atoms with E-state index in [0.717, 1.165) is 48.6 Å². The molecule has 1 fully saturated rings. The number of rotatable bonds is 4. The van der Waals surface area contributed by atoms with Crippen molar-refractivity contribution >= 4 is 27.3 Å². The fourth-order valence-electron chi connectivity index (χ4n) is 5.65. The summed E-state index contributed by atoms with van der Waals surface area (Å²) in [6.07, 6.45) is 5.48. The summed E-state index contributed by atoms with van der Waals surface area (Å²) in [4.78, 5) is 11.9. The Hall–Kier alpha value is -3.24. The molecule has 4 heterocycles. The van der Waals surface area contributed by atoms with Crippen LogP contribution in [0.1, 0.15) is 41.4 Å². The first-order valence-electron chi connectivity index (χ1n) is 12.1. The second kappa shape index (κ2) is 8.27. The van der Waals surface area contributed by atoms with Crippen molar-refractivity contribution in [2.24, 2.45) is 0 Å². The van der Waals surface area contributed by atoms with E-state index in [-0.39, 0.29) is 0 Å². The molecular formula is C29H30N4. The average Bonchev–Trinajstić information content (AvgIpc) is 3.23. The van der Waals surface area contributed by atoms with Crippen LogP contribution in [0.25, 0.3) is 27.3 Å². The lowest BCUT2D eigenvalue weighted by molar-refractivity contribution is 0.215. The number of aryl methyl sites for hydroxylation is 2. The maximum Gasteiger partial charge on any atom is 0.110 e. The summed E-state index contributed by atoms with van der Waals surface area (Å²) in [5.74, 6) is 1.68. The van der Waals surface area contributed by atoms with E-state index in [9.17, 15) is 0 Å². The summed E-state index contributed by atoms with van der Waals surface area (Å²) < 4.78 is 2.27. The SMILES string of the molecule is Cc1ccc2c(C3CCN(CCc4cccc5c4ccc4cnc(C)n45)CC3)cccc2n1. The van der Waals surface area contributed by atoms with Gasteiger partial charge in [0.1, 0.15) is 5.82 Å². The van der Waals surface area contributed by atoms with Crippen molar-refractivity contribution in [1.29, 1.82) is 0 Å². The zero-order valence-corrected chi connectivity index (χ0v) is 19.5. The summed E-state index contributed by atoms with van der Waals surface area (Å²) in [5, 5.41) is 2.68. The Balaban J connectivity index is 1.16. The molecule has 5 aromatic rings. The molecule has 3 aromatic heterocycles. The molecule has 0 radical (unpaired) electrons. The van der Waals surface area contributed by atoms with Gasteiger partial charge in [0.2, 0.25) is 0 Å². The Bertz CT molecular complexity index is 1460. The van der Waals surface area contributed by atoms with E-state index >= 15 is 0 Å². The van der Waals surface area contributed by atoms with Crippen molar-refractivity contribution in [1.82, 2.24) is 19.3 Å². The quantitative estimate of drug-likeness (QED) is 0.344. The molecule has 2 aromatic carbocycles. The fourth-order valence-corrected chi connectivity index (χ4v) is 5.65. The Morgan fingerprint density at radius 3 is 2.58 bits per heavy atom. The maximum atomic E-state index is 4.74. The first-order valence-corrected chi connectivity index (χ1v) is 12.1. The molecule has 4 nitrogen and oxygen atoms in total. The van der Waals surface area contributed by atoms with E-state index in [2.05, 4.69) is 88.8 Å². The first kappa shape index (κ1) is 20.4. The number of nitrogens with zero attached hydrogens (tertiary/aromatic N) is 4. The van der Waals surface area contributed by atoms with Crippen LogP contribution in [-0.4, -0.2) is 38.9 Å². The van der Waals surface area contributed by atoms with Crippen LogP contribution in [0, 0.1) is 13.8 Å². The summed E-state index contributed by atoms with van der Waals surface area (Å²) in [6.45, 7) is 7.59. The van der Waals surface area contributed by atoms with E-state index in [0.29, 0.717) is 5.92 Å². The third-order valence-corrected chi connectivity index (χ3v) is 7.43. The summed E-state index contributed by atoms with van der Waals surface area (Å²) in [6, 6.07) is 22.2. The highest BCUT2D eigenvalue weighted by Crippen LogP contribution is 2.33. The smallest absolute Gasteiger partial charge is 0.110 e. The predicted octanol–water partition coefficient (Wildman–Crippen LogP) is 6.07. The monoisotopic (exact) mass is 434 g/mol. The molecule has 1 aliphatic rings. The Morgan fingerprint density at radius 2 is 1.70 bits per heavy atom. The zero-order chi connectivity index (χ0) is 22.4. The molecule has 0 aliphatic carbocycles. The predicted molar refractivity (Wildman–Crippen MR) is 136 cm³/mol. The van der Waals surface area contributed by atoms with Gasteiger partial charge in [0.25, 0.3) is 0 Å². The van der Waals surface area contributed by atoms with Crippen LogP contribution in [0.2, 0.25) is 0 Å². The number of hydrogen-bond donors (Lipinski definition) is 0. The second-order valence-electron chi connectivity index (χ2n) is 9.48. The van der Waals surface area contributed by atoms with E-state index in [1.54, 1.807) is 0 Å². The Morgan fingerprint density at radius 1 is 0.879 bits per heavy atom. The van der Waals surface area contributed by atoms with Gasteiger partial charge in [-0.3, -0.25) is 9.38 Å². The molecule has 166 valence electrons. The maximum absolute atomic E-state index is 4.74. The standard InChI is InChI=1S/C29H30N4/c1-20-9-11-27-25(6-4-7-28(27)31-20)23-14-17-32(18-15-23)16-13-22-5-3-8-29-26(22)12-10-24-19-30-21(2)33(24)29/h3-12,19,23H,13-18H2,1-2H3. The third-order valence-electron chi connectivity index (χ3n) is 7.43. The van der Waals surface area contributed by atoms with Crippen molar-refractivity contribution in [3.63, 3.8) is 0 Å². The molecule has 4 heteroatoms. The second-order valence-corrected chi connectivity index (χ2v) is 9.48. The van der Waals surface area contributed by atoms with Gasteiger partial charge in [0, 0.05) is 23.0 Å². The highest BCUT2D eigenvalue weighted by molar-refractivity contribution is 5.86. The van der Waals surface area contributed by atoms with E-state index < -0.39 is 0 Å². The lowest BCUT2D eigenvalue weighted by Gasteiger charge is -2.32. The van der Waals surface area contributed by atoms with Crippen molar-refractivity contribution in [2.45, 2.75) is 39.0 Å². The minimum absolute atomic E-state index is 0.629. The number of piperidine rings is 1. The normalized spacial score (nSPS) is 15.7. The number of benzene rings is 2.